The second kappa shape index (κ2) is 8.94. The summed E-state index contributed by atoms with van der Waals surface area (Å²) in [7, 11) is 3.89. The van der Waals surface area contributed by atoms with Crippen molar-refractivity contribution in [1.82, 2.24) is 15.1 Å². The molecule has 25 heavy (non-hydrogen) atoms. The normalized spacial score (nSPS) is 18.9. The second-order valence-corrected chi connectivity index (χ2v) is 7.11. The van der Waals surface area contributed by atoms with E-state index in [1.54, 1.807) is 11.0 Å². The predicted molar refractivity (Wildman–Crippen MR) is 95.3 cm³/mol. The Morgan fingerprint density at radius 3 is 2.60 bits per heavy atom. The third-order valence-corrected chi connectivity index (χ3v) is 4.52. The number of hydrogen-bond acceptors (Lipinski definition) is 3. The van der Waals surface area contributed by atoms with Gasteiger partial charge < -0.3 is 15.1 Å². The summed E-state index contributed by atoms with van der Waals surface area (Å²) >= 11 is 0. The lowest BCUT2D eigenvalue weighted by Gasteiger charge is -2.25. The minimum absolute atomic E-state index is 0.0322. The Morgan fingerprint density at radius 1 is 1.28 bits per heavy atom. The topological polar surface area (TPSA) is 52.7 Å². The monoisotopic (exact) mass is 349 g/mol. The molecule has 0 aliphatic heterocycles. The number of carbonyl (C=O) groups is 2. The number of nitrogens with zero attached hydrogens (tertiary/aromatic N) is 2. The zero-order chi connectivity index (χ0) is 18.4. The van der Waals surface area contributed by atoms with Gasteiger partial charge in [0.1, 0.15) is 5.82 Å². The molecule has 1 fully saturated rings. The largest absolute Gasteiger partial charge is 0.355 e. The van der Waals surface area contributed by atoms with Gasteiger partial charge in [0, 0.05) is 38.5 Å². The fourth-order valence-corrected chi connectivity index (χ4v) is 2.74. The average Bonchev–Trinajstić information content (AvgIpc) is 3.28. The van der Waals surface area contributed by atoms with Gasteiger partial charge in [0.25, 0.3) is 0 Å². The van der Waals surface area contributed by atoms with Crippen LogP contribution < -0.4 is 5.32 Å². The van der Waals surface area contributed by atoms with E-state index in [0.717, 1.165) is 18.5 Å². The van der Waals surface area contributed by atoms with Crippen molar-refractivity contribution >= 4 is 11.8 Å². The predicted octanol–water partition coefficient (Wildman–Crippen LogP) is 1.88. The standard InChI is InChI=1S/C19H28FN3O2/c1-14-11-17(14)19(25)21-8-7-18(24)23(10-9-22(2)3)13-15-5-4-6-16(20)12-15/h4-6,12,14,17H,7-11,13H2,1-3H3,(H,21,25)/t14-,17-/m1/s1. The van der Waals surface area contributed by atoms with Gasteiger partial charge in [-0.15, -0.1) is 0 Å². The van der Waals surface area contributed by atoms with Crippen molar-refractivity contribution in [1.29, 1.82) is 0 Å². The van der Waals surface area contributed by atoms with Gasteiger partial charge in [0.05, 0.1) is 0 Å². The van der Waals surface area contributed by atoms with Crippen LogP contribution in [0.1, 0.15) is 25.3 Å². The third-order valence-electron chi connectivity index (χ3n) is 4.52. The fraction of sp³-hybridized carbons (Fsp3) is 0.579. The van der Waals surface area contributed by atoms with E-state index < -0.39 is 0 Å². The molecular formula is C19H28FN3O2. The summed E-state index contributed by atoms with van der Waals surface area (Å²) in [6.45, 7) is 4.07. The van der Waals surface area contributed by atoms with E-state index in [-0.39, 0.29) is 30.0 Å². The number of nitrogens with one attached hydrogen (secondary N) is 1. The van der Waals surface area contributed by atoms with Crippen LogP contribution in [0.4, 0.5) is 4.39 Å². The maximum Gasteiger partial charge on any atom is 0.224 e. The molecule has 1 aromatic rings. The van der Waals surface area contributed by atoms with Crippen LogP contribution in [-0.4, -0.2) is 55.3 Å². The number of carbonyl (C=O) groups excluding carboxylic acids is 2. The lowest BCUT2D eigenvalue weighted by molar-refractivity contribution is -0.132. The van der Waals surface area contributed by atoms with Gasteiger partial charge in [0.15, 0.2) is 0 Å². The van der Waals surface area contributed by atoms with Crippen LogP contribution in [0.2, 0.25) is 0 Å². The summed E-state index contributed by atoms with van der Waals surface area (Å²) in [6, 6.07) is 6.31. The van der Waals surface area contributed by atoms with Crippen LogP contribution >= 0.6 is 0 Å². The molecule has 0 spiro atoms. The lowest BCUT2D eigenvalue weighted by Crippen LogP contribution is -2.38. The number of rotatable bonds is 9. The van der Waals surface area contributed by atoms with Gasteiger partial charge in [-0.1, -0.05) is 19.1 Å². The summed E-state index contributed by atoms with van der Waals surface area (Å²) in [5.74, 6) is 0.288. The third kappa shape index (κ3) is 6.46. The number of amides is 2. The first-order valence-corrected chi connectivity index (χ1v) is 8.81. The molecule has 0 unspecified atom stereocenters. The Bertz CT molecular complexity index is 606. The fourth-order valence-electron chi connectivity index (χ4n) is 2.74. The van der Waals surface area contributed by atoms with E-state index in [1.165, 1.54) is 12.1 Å². The average molecular weight is 349 g/mol. The van der Waals surface area contributed by atoms with E-state index >= 15 is 0 Å². The molecular weight excluding hydrogens is 321 g/mol. The van der Waals surface area contributed by atoms with Gasteiger partial charge in [-0.25, -0.2) is 4.39 Å². The number of hydrogen-bond donors (Lipinski definition) is 1. The highest BCUT2D eigenvalue weighted by Gasteiger charge is 2.38. The van der Waals surface area contributed by atoms with Crippen LogP contribution in [0, 0.1) is 17.7 Å². The highest BCUT2D eigenvalue weighted by atomic mass is 19.1. The Morgan fingerprint density at radius 2 is 2.00 bits per heavy atom. The van der Waals surface area contributed by atoms with Crippen LogP contribution in [-0.2, 0) is 16.1 Å². The van der Waals surface area contributed by atoms with E-state index in [0.29, 0.717) is 25.6 Å². The highest BCUT2D eigenvalue weighted by Crippen LogP contribution is 2.37. The van der Waals surface area contributed by atoms with Crippen LogP contribution in [0.15, 0.2) is 24.3 Å². The molecule has 2 rings (SSSR count). The van der Waals surface area contributed by atoms with Gasteiger partial charge in [-0.3, -0.25) is 9.59 Å². The smallest absolute Gasteiger partial charge is 0.224 e. The maximum atomic E-state index is 13.4. The van der Waals surface area contributed by atoms with Gasteiger partial charge in [-0.2, -0.15) is 0 Å². The van der Waals surface area contributed by atoms with Crippen molar-refractivity contribution in [2.45, 2.75) is 26.3 Å². The molecule has 0 saturated heterocycles. The van der Waals surface area contributed by atoms with Crippen molar-refractivity contribution < 1.29 is 14.0 Å². The number of benzene rings is 1. The SMILES string of the molecule is C[C@@H]1C[C@H]1C(=O)NCCC(=O)N(CCN(C)C)Cc1cccc(F)c1. The molecule has 1 aromatic carbocycles. The Balaban J connectivity index is 1.86. The zero-order valence-corrected chi connectivity index (χ0v) is 15.3. The number of likely N-dealkylation sites (N-methyl/N-ethyl adjacent to an activating group) is 1. The molecule has 0 bridgehead atoms. The van der Waals surface area contributed by atoms with Gasteiger partial charge >= 0.3 is 0 Å². The van der Waals surface area contributed by atoms with Crippen LogP contribution in [0.3, 0.4) is 0 Å². The molecule has 6 heteroatoms. The Kier molecular flexibility index (Phi) is 6.93. The molecule has 1 aliphatic carbocycles. The quantitative estimate of drug-likeness (QED) is 0.741. The minimum atomic E-state index is -0.302. The van der Waals surface area contributed by atoms with Crippen molar-refractivity contribution in [3.05, 3.63) is 35.6 Å². The van der Waals surface area contributed by atoms with E-state index in [4.69, 9.17) is 0 Å². The van der Waals surface area contributed by atoms with Crippen molar-refractivity contribution in [3.63, 3.8) is 0 Å². The minimum Gasteiger partial charge on any atom is -0.355 e. The van der Waals surface area contributed by atoms with Crippen molar-refractivity contribution in [2.75, 3.05) is 33.7 Å². The zero-order valence-electron chi connectivity index (χ0n) is 15.3. The van der Waals surface area contributed by atoms with Crippen molar-refractivity contribution in [2.24, 2.45) is 11.8 Å². The summed E-state index contributed by atoms with van der Waals surface area (Å²) in [5.41, 5.74) is 0.767. The van der Waals surface area contributed by atoms with Gasteiger partial charge in [-0.05, 0) is 44.1 Å². The lowest BCUT2D eigenvalue weighted by atomic mass is 10.2. The highest BCUT2D eigenvalue weighted by molar-refractivity contribution is 5.82. The first kappa shape index (κ1) is 19.4. The van der Waals surface area contributed by atoms with Crippen molar-refractivity contribution in [3.8, 4) is 0 Å². The molecule has 0 aromatic heterocycles. The molecule has 2 atom stereocenters. The first-order valence-electron chi connectivity index (χ1n) is 8.81. The van der Waals surface area contributed by atoms with E-state index in [9.17, 15) is 14.0 Å². The molecule has 2 amide bonds. The van der Waals surface area contributed by atoms with Crippen LogP contribution in [0.25, 0.3) is 0 Å². The molecule has 1 N–H and O–H groups in total. The molecule has 0 heterocycles. The summed E-state index contributed by atoms with van der Waals surface area (Å²) in [6.07, 6.45) is 1.20. The molecule has 0 radical (unpaired) electrons. The van der Waals surface area contributed by atoms with E-state index in [1.807, 2.05) is 25.1 Å². The first-order chi connectivity index (χ1) is 11.9. The number of halogens is 1. The molecule has 1 saturated carbocycles. The maximum absolute atomic E-state index is 13.4. The van der Waals surface area contributed by atoms with E-state index in [2.05, 4.69) is 12.2 Å². The summed E-state index contributed by atoms with van der Waals surface area (Å²) in [4.78, 5) is 28.1. The Labute approximate surface area is 149 Å². The molecule has 138 valence electrons. The van der Waals surface area contributed by atoms with Crippen LogP contribution in [0.5, 0.6) is 0 Å². The summed E-state index contributed by atoms with van der Waals surface area (Å²) in [5, 5.41) is 2.84. The molecule has 5 nitrogen and oxygen atoms in total. The Hall–Kier alpha value is -1.95. The molecule has 1 aliphatic rings. The van der Waals surface area contributed by atoms with Gasteiger partial charge in [0.2, 0.25) is 11.8 Å². The second-order valence-electron chi connectivity index (χ2n) is 7.11. The summed E-state index contributed by atoms with van der Waals surface area (Å²) < 4.78 is 13.4.